The number of benzene rings is 2. The van der Waals surface area contributed by atoms with Crippen molar-refractivity contribution in [2.75, 3.05) is 37.6 Å². The third kappa shape index (κ3) is 4.60. The lowest BCUT2D eigenvalue weighted by atomic mass is 10.1. The van der Waals surface area contributed by atoms with Gasteiger partial charge in [0, 0.05) is 32.7 Å². The Kier molecular flexibility index (Phi) is 6.54. The Balaban J connectivity index is 1.33. The molecule has 5 nitrogen and oxygen atoms in total. The van der Waals surface area contributed by atoms with Crippen LogP contribution in [0.3, 0.4) is 0 Å². The van der Waals surface area contributed by atoms with Crippen LogP contribution in [0.4, 0.5) is 5.69 Å². The minimum absolute atomic E-state index is 0.184. The molecule has 30 heavy (non-hydrogen) atoms. The summed E-state index contributed by atoms with van der Waals surface area (Å²) >= 11 is 12.0. The maximum absolute atomic E-state index is 13.0. The first kappa shape index (κ1) is 21.1. The van der Waals surface area contributed by atoms with E-state index in [-0.39, 0.29) is 18.2 Å². The molecule has 0 saturated carbocycles. The van der Waals surface area contributed by atoms with Crippen LogP contribution in [0.15, 0.2) is 54.6 Å². The molecule has 7 heteroatoms. The van der Waals surface area contributed by atoms with Crippen molar-refractivity contribution in [2.24, 2.45) is 0 Å². The molecule has 1 unspecified atom stereocenters. The van der Waals surface area contributed by atoms with Gasteiger partial charge in [-0.15, -0.1) is 0 Å². The van der Waals surface area contributed by atoms with Gasteiger partial charge < -0.3 is 0 Å². The molecule has 0 radical (unpaired) electrons. The predicted molar refractivity (Wildman–Crippen MR) is 121 cm³/mol. The summed E-state index contributed by atoms with van der Waals surface area (Å²) < 4.78 is 0. The van der Waals surface area contributed by atoms with Crippen LogP contribution in [-0.4, -0.2) is 60.4 Å². The van der Waals surface area contributed by atoms with Crippen molar-refractivity contribution in [1.82, 2.24) is 9.80 Å². The molecule has 2 saturated heterocycles. The van der Waals surface area contributed by atoms with Gasteiger partial charge in [-0.2, -0.15) is 0 Å². The molecule has 2 aromatic carbocycles. The minimum atomic E-state index is -0.408. The largest absolute Gasteiger partial charge is 0.297 e. The lowest BCUT2D eigenvalue weighted by Crippen LogP contribution is -2.52. The van der Waals surface area contributed by atoms with Gasteiger partial charge in [0.25, 0.3) is 5.91 Å². The number of halogens is 2. The zero-order valence-electron chi connectivity index (χ0n) is 16.5. The third-order valence-corrected chi connectivity index (χ3v) is 6.34. The first-order chi connectivity index (χ1) is 14.5. The Morgan fingerprint density at radius 1 is 0.933 bits per heavy atom. The summed E-state index contributed by atoms with van der Waals surface area (Å²) in [4.78, 5) is 31.3. The Hall–Kier alpha value is -2.18. The average Bonchev–Trinajstić information content (AvgIpc) is 3.05. The molecule has 4 rings (SSSR count). The third-order valence-electron chi connectivity index (χ3n) is 5.61. The zero-order chi connectivity index (χ0) is 21.1. The topological polar surface area (TPSA) is 43.9 Å². The summed E-state index contributed by atoms with van der Waals surface area (Å²) in [6.07, 6.45) is 4.49. The molecule has 2 aliphatic heterocycles. The SMILES string of the molecule is O=C1CC(N2CCN(C/C=C\c3ccccc3)CC2)C(=O)N1c1ccc(Cl)c(Cl)c1. The summed E-state index contributed by atoms with van der Waals surface area (Å²) in [7, 11) is 0. The monoisotopic (exact) mass is 443 g/mol. The van der Waals surface area contributed by atoms with Crippen LogP contribution >= 0.6 is 23.2 Å². The van der Waals surface area contributed by atoms with Crippen molar-refractivity contribution < 1.29 is 9.59 Å². The van der Waals surface area contributed by atoms with Crippen molar-refractivity contribution in [3.63, 3.8) is 0 Å². The molecule has 2 aliphatic rings. The van der Waals surface area contributed by atoms with Crippen molar-refractivity contribution in [1.29, 1.82) is 0 Å². The fourth-order valence-electron chi connectivity index (χ4n) is 3.96. The molecule has 2 amide bonds. The minimum Gasteiger partial charge on any atom is -0.297 e. The van der Waals surface area contributed by atoms with E-state index in [4.69, 9.17) is 23.2 Å². The molecule has 0 N–H and O–H groups in total. The summed E-state index contributed by atoms with van der Waals surface area (Å²) in [5.41, 5.74) is 1.67. The molecular formula is C23H23Cl2N3O2. The van der Waals surface area contributed by atoms with E-state index < -0.39 is 6.04 Å². The second-order valence-corrected chi connectivity index (χ2v) is 8.35. The van der Waals surface area contributed by atoms with Crippen molar-refractivity contribution >= 4 is 46.8 Å². The van der Waals surface area contributed by atoms with Gasteiger partial charge in [-0.05, 0) is 23.8 Å². The van der Waals surface area contributed by atoms with E-state index in [2.05, 4.69) is 34.1 Å². The molecule has 0 aromatic heterocycles. The summed E-state index contributed by atoms with van der Waals surface area (Å²) in [6.45, 7) is 4.12. The van der Waals surface area contributed by atoms with E-state index in [0.29, 0.717) is 15.7 Å². The number of piperazine rings is 1. The summed E-state index contributed by atoms with van der Waals surface area (Å²) in [5.74, 6) is -0.382. The van der Waals surface area contributed by atoms with Crippen LogP contribution in [-0.2, 0) is 9.59 Å². The second-order valence-electron chi connectivity index (χ2n) is 7.54. The van der Waals surface area contributed by atoms with Gasteiger partial charge in [0.15, 0.2) is 0 Å². The van der Waals surface area contributed by atoms with Crippen LogP contribution in [0, 0.1) is 0 Å². The average molecular weight is 444 g/mol. The lowest BCUT2D eigenvalue weighted by Gasteiger charge is -2.36. The highest BCUT2D eigenvalue weighted by atomic mass is 35.5. The van der Waals surface area contributed by atoms with Crippen LogP contribution in [0.25, 0.3) is 6.08 Å². The van der Waals surface area contributed by atoms with Gasteiger partial charge >= 0.3 is 0 Å². The highest BCUT2D eigenvalue weighted by Crippen LogP contribution is 2.31. The van der Waals surface area contributed by atoms with Crippen LogP contribution in [0.2, 0.25) is 10.0 Å². The molecule has 156 valence electrons. The molecule has 0 spiro atoms. The molecular weight excluding hydrogens is 421 g/mol. The van der Waals surface area contributed by atoms with E-state index in [0.717, 1.165) is 32.7 Å². The van der Waals surface area contributed by atoms with Crippen molar-refractivity contribution in [3.05, 3.63) is 70.2 Å². The number of carbonyl (C=O) groups excluding carboxylic acids is 2. The molecule has 2 aromatic rings. The molecule has 2 heterocycles. The van der Waals surface area contributed by atoms with Gasteiger partial charge in [-0.3, -0.25) is 19.4 Å². The summed E-state index contributed by atoms with van der Waals surface area (Å²) in [6, 6.07) is 14.6. The first-order valence-electron chi connectivity index (χ1n) is 10.0. The van der Waals surface area contributed by atoms with Gasteiger partial charge in [-0.1, -0.05) is 65.7 Å². The smallest absolute Gasteiger partial charge is 0.251 e. The Bertz CT molecular complexity index is 956. The van der Waals surface area contributed by atoms with E-state index in [1.54, 1.807) is 18.2 Å². The molecule has 0 aliphatic carbocycles. The first-order valence-corrected chi connectivity index (χ1v) is 10.8. The Morgan fingerprint density at radius 2 is 1.67 bits per heavy atom. The summed E-state index contributed by atoms with van der Waals surface area (Å²) in [5, 5.41) is 0.726. The van der Waals surface area contributed by atoms with Gasteiger partial charge in [0.2, 0.25) is 5.91 Å². The number of amides is 2. The fourth-order valence-corrected chi connectivity index (χ4v) is 4.25. The lowest BCUT2D eigenvalue weighted by molar-refractivity contribution is -0.123. The number of nitrogens with zero attached hydrogens (tertiary/aromatic N) is 3. The van der Waals surface area contributed by atoms with Crippen LogP contribution in [0.1, 0.15) is 12.0 Å². The maximum Gasteiger partial charge on any atom is 0.251 e. The van der Waals surface area contributed by atoms with Crippen LogP contribution < -0.4 is 4.90 Å². The van der Waals surface area contributed by atoms with Gasteiger partial charge in [0.05, 0.1) is 28.2 Å². The van der Waals surface area contributed by atoms with Gasteiger partial charge in [-0.25, -0.2) is 4.90 Å². The van der Waals surface area contributed by atoms with E-state index in [9.17, 15) is 9.59 Å². The van der Waals surface area contributed by atoms with E-state index >= 15 is 0 Å². The maximum atomic E-state index is 13.0. The number of rotatable bonds is 5. The van der Waals surface area contributed by atoms with Gasteiger partial charge in [0.1, 0.15) is 0 Å². The Morgan fingerprint density at radius 3 is 2.37 bits per heavy atom. The number of hydrogen-bond donors (Lipinski definition) is 0. The number of anilines is 1. The molecule has 0 bridgehead atoms. The van der Waals surface area contributed by atoms with Crippen molar-refractivity contribution in [2.45, 2.75) is 12.5 Å². The normalized spacial score (nSPS) is 21.1. The highest BCUT2D eigenvalue weighted by molar-refractivity contribution is 6.42. The number of hydrogen-bond acceptors (Lipinski definition) is 4. The number of imide groups is 1. The second kappa shape index (κ2) is 9.31. The predicted octanol–water partition coefficient (Wildman–Crippen LogP) is 3.96. The highest BCUT2D eigenvalue weighted by Gasteiger charge is 2.43. The molecule has 2 fully saturated rings. The zero-order valence-corrected chi connectivity index (χ0v) is 18.0. The quantitative estimate of drug-likeness (QED) is 0.656. The number of carbonyl (C=O) groups is 2. The fraction of sp³-hybridized carbons (Fsp3) is 0.304. The molecule has 1 atom stereocenters. The van der Waals surface area contributed by atoms with E-state index in [1.165, 1.54) is 10.5 Å². The van der Waals surface area contributed by atoms with E-state index in [1.807, 2.05) is 18.2 Å². The standard InChI is InChI=1S/C23H23Cl2N3O2/c24-19-9-8-18(15-20(19)25)28-22(29)16-21(23(28)30)27-13-11-26(12-14-27)10-4-7-17-5-2-1-3-6-17/h1-9,15,21H,10-14,16H2/b7-4-. The van der Waals surface area contributed by atoms with Crippen molar-refractivity contribution in [3.8, 4) is 0 Å². The Labute approximate surface area is 186 Å². The van der Waals surface area contributed by atoms with Crippen LogP contribution in [0.5, 0.6) is 0 Å².